The van der Waals surface area contributed by atoms with Gasteiger partial charge in [0.25, 0.3) is 0 Å². The second-order valence-electron chi connectivity index (χ2n) is 3.55. The molecule has 2 rings (SSSR count). The molecule has 84 valence electrons. The number of alkyl halides is 1. The second kappa shape index (κ2) is 4.90. The molecule has 0 saturated carbocycles. The van der Waals surface area contributed by atoms with Crippen LogP contribution in [0.25, 0.3) is 5.69 Å². The summed E-state index contributed by atoms with van der Waals surface area (Å²) in [6.45, 7) is 0.334. The first-order chi connectivity index (χ1) is 7.83. The average Bonchev–Trinajstić information content (AvgIpc) is 2.79. The van der Waals surface area contributed by atoms with Gasteiger partial charge in [0.1, 0.15) is 6.17 Å². The van der Waals surface area contributed by atoms with Crippen LogP contribution in [0, 0.1) is 0 Å². The second-order valence-corrected chi connectivity index (χ2v) is 3.55. The number of aromatic nitrogens is 2. The molecule has 1 atom stereocenters. The Morgan fingerprint density at radius 1 is 1.25 bits per heavy atom. The van der Waals surface area contributed by atoms with Crippen molar-refractivity contribution in [2.75, 3.05) is 6.54 Å². The molecule has 0 fully saturated rings. The smallest absolute Gasteiger partial charge is 0.143 e. The van der Waals surface area contributed by atoms with E-state index in [2.05, 4.69) is 5.10 Å². The molecular weight excluding hydrogens is 205 g/mol. The SMILES string of the molecule is NCCC(F)c1ccnn1-c1ccccc1. The van der Waals surface area contributed by atoms with Crippen molar-refractivity contribution in [1.29, 1.82) is 0 Å². The third kappa shape index (κ3) is 2.12. The van der Waals surface area contributed by atoms with Gasteiger partial charge in [-0.3, -0.25) is 0 Å². The molecule has 0 bridgehead atoms. The van der Waals surface area contributed by atoms with E-state index in [9.17, 15) is 4.39 Å². The Kier molecular flexibility index (Phi) is 3.31. The van der Waals surface area contributed by atoms with Crippen LogP contribution in [-0.2, 0) is 0 Å². The third-order valence-corrected chi connectivity index (χ3v) is 2.41. The lowest BCUT2D eigenvalue weighted by Gasteiger charge is -2.10. The maximum atomic E-state index is 13.8. The van der Waals surface area contributed by atoms with E-state index in [4.69, 9.17) is 5.73 Å². The molecule has 3 nitrogen and oxygen atoms in total. The summed E-state index contributed by atoms with van der Waals surface area (Å²) in [6, 6.07) is 11.2. The van der Waals surface area contributed by atoms with Gasteiger partial charge in [0.05, 0.1) is 11.4 Å². The van der Waals surface area contributed by atoms with Crippen molar-refractivity contribution in [1.82, 2.24) is 9.78 Å². The van der Waals surface area contributed by atoms with Crippen molar-refractivity contribution in [3.63, 3.8) is 0 Å². The molecule has 16 heavy (non-hydrogen) atoms. The lowest BCUT2D eigenvalue weighted by molar-refractivity contribution is 0.314. The van der Waals surface area contributed by atoms with E-state index in [1.165, 1.54) is 0 Å². The Bertz CT molecular complexity index is 439. The minimum atomic E-state index is -1.06. The quantitative estimate of drug-likeness (QED) is 0.857. The van der Waals surface area contributed by atoms with Crippen molar-refractivity contribution in [2.24, 2.45) is 5.73 Å². The number of nitrogens with two attached hydrogens (primary N) is 1. The lowest BCUT2D eigenvalue weighted by Crippen LogP contribution is -2.08. The van der Waals surface area contributed by atoms with Gasteiger partial charge in [-0.1, -0.05) is 18.2 Å². The molecule has 1 unspecified atom stereocenters. The molecular formula is C12H14FN3. The predicted molar refractivity (Wildman–Crippen MR) is 61.1 cm³/mol. The summed E-state index contributed by atoms with van der Waals surface area (Å²) in [5, 5.41) is 4.13. The van der Waals surface area contributed by atoms with Gasteiger partial charge < -0.3 is 5.73 Å². The Hall–Kier alpha value is -1.68. The molecule has 0 amide bonds. The van der Waals surface area contributed by atoms with Crippen LogP contribution in [0.5, 0.6) is 0 Å². The molecule has 1 aromatic heterocycles. The molecule has 0 aliphatic heterocycles. The molecule has 0 aliphatic rings. The fourth-order valence-corrected chi connectivity index (χ4v) is 1.63. The zero-order chi connectivity index (χ0) is 11.4. The summed E-state index contributed by atoms with van der Waals surface area (Å²) in [4.78, 5) is 0. The van der Waals surface area contributed by atoms with E-state index < -0.39 is 6.17 Å². The molecule has 0 radical (unpaired) electrons. The Balaban J connectivity index is 2.33. The lowest BCUT2D eigenvalue weighted by atomic mass is 10.2. The highest BCUT2D eigenvalue weighted by Gasteiger charge is 2.14. The van der Waals surface area contributed by atoms with Crippen molar-refractivity contribution < 1.29 is 4.39 Å². The fourth-order valence-electron chi connectivity index (χ4n) is 1.63. The monoisotopic (exact) mass is 219 g/mol. The zero-order valence-electron chi connectivity index (χ0n) is 8.88. The van der Waals surface area contributed by atoms with E-state index >= 15 is 0 Å². The largest absolute Gasteiger partial charge is 0.330 e. The topological polar surface area (TPSA) is 43.8 Å². The van der Waals surface area contributed by atoms with Crippen LogP contribution in [0.15, 0.2) is 42.6 Å². The number of halogens is 1. The highest BCUT2D eigenvalue weighted by Crippen LogP contribution is 2.22. The number of nitrogens with zero attached hydrogens (tertiary/aromatic N) is 2. The molecule has 0 aliphatic carbocycles. The average molecular weight is 219 g/mol. The van der Waals surface area contributed by atoms with Crippen LogP contribution in [0.3, 0.4) is 0 Å². The molecule has 0 saturated heterocycles. The molecule has 4 heteroatoms. The molecule has 1 heterocycles. The summed E-state index contributed by atoms with van der Waals surface area (Å²) in [7, 11) is 0. The van der Waals surface area contributed by atoms with Gasteiger partial charge in [0, 0.05) is 6.20 Å². The highest BCUT2D eigenvalue weighted by molar-refractivity contribution is 5.32. The maximum Gasteiger partial charge on any atom is 0.143 e. The minimum absolute atomic E-state index is 0.318. The Morgan fingerprint density at radius 2 is 2.00 bits per heavy atom. The predicted octanol–water partition coefficient (Wildman–Crippen LogP) is 2.23. The summed E-state index contributed by atoms with van der Waals surface area (Å²) >= 11 is 0. The summed E-state index contributed by atoms with van der Waals surface area (Å²) in [5.41, 5.74) is 6.77. The van der Waals surface area contributed by atoms with Gasteiger partial charge in [-0.05, 0) is 31.2 Å². The van der Waals surface area contributed by atoms with Crippen LogP contribution in [-0.4, -0.2) is 16.3 Å². The van der Waals surface area contributed by atoms with E-state index in [0.717, 1.165) is 5.69 Å². The molecule has 0 spiro atoms. The van der Waals surface area contributed by atoms with E-state index in [1.807, 2.05) is 30.3 Å². The first kappa shape index (κ1) is 10.8. The van der Waals surface area contributed by atoms with Crippen LogP contribution < -0.4 is 5.73 Å². The molecule has 2 aromatic rings. The number of benzene rings is 1. The van der Waals surface area contributed by atoms with Gasteiger partial charge >= 0.3 is 0 Å². The third-order valence-electron chi connectivity index (χ3n) is 2.41. The van der Waals surface area contributed by atoms with E-state index in [1.54, 1.807) is 16.9 Å². The van der Waals surface area contributed by atoms with Crippen LogP contribution in [0.2, 0.25) is 0 Å². The summed E-state index contributed by atoms with van der Waals surface area (Å²) in [5.74, 6) is 0. The van der Waals surface area contributed by atoms with E-state index in [0.29, 0.717) is 18.7 Å². The normalized spacial score (nSPS) is 12.6. The summed E-state index contributed by atoms with van der Waals surface area (Å²) < 4.78 is 15.4. The van der Waals surface area contributed by atoms with Gasteiger partial charge in [-0.15, -0.1) is 0 Å². The van der Waals surface area contributed by atoms with Gasteiger partial charge in [0.2, 0.25) is 0 Å². The molecule has 2 N–H and O–H groups in total. The van der Waals surface area contributed by atoms with Crippen molar-refractivity contribution in [3.05, 3.63) is 48.3 Å². The standard InChI is InChI=1S/C12H14FN3/c13-11(6-8-14)12-7-9-15-16(12)10-4-2-1-3-5-10/h1-5,7,9,11H,6,8,14H2. The number of para-hydroxylation sites is 1. The van der Waals surface area contributed by atoms with Crippen LogP contribution in [0.4, 0.5) is 4.39 Å². The number of rotatable bonds is 4. The minimum Gasteiger partial charge on any atom is -0.330 e. The van der Waals surface area contributed by atoms with Crippen molar-refractivity contribution in [3.8, 4) is 5.69 Å². The summed E-state index contributed by atoms with van der Waals surface area (Å²) in [6.07, 6.45) is 0.858. The Labute approximate surface area is 93.7 Å². The maximum absolute atomic E-state index is 13.8. The number of hydrogen-bond donors (Lipinski definition) is 1. The van der Waals surface area contributed by atoms with Crippen LogP contribution >= 0.6 is 0 Å². The van der Waals surface area contributed by atoms with Crippen LogP contribution in [0.1, 0.15) is 18.3 Å². The van der Waals surface area contributed by atoms with Gasteiger partial charge in [-0.2, -0.15) is 5.10 Å². The van der Waals surface area contributed by atoms with Gasteiger partial charge in [0.15, 0.2) is 0 Å². The Morgan fingerprint density at radius 3 is 2.69 bits per heavy atom. The molecule has 1 aromatic carbocycles. The van der Waals surface area contributed by atoms with E-state index in [-0.39, 0.29) is 0 Å². The first-order valence-electron chi connectivity index (χ1n) is 5.26. The van der Waals surface area contributed by atoms with Crippen molar-refractivity contribution in [2.45, 2.75) is 12.6 Å². The van der Waals surface area contributed by atoms with Gasteiger partial charge in [-0.25, -0.2) is 9.07 Å². The zero-order valence-corrected chi connectivity index (χ0v) is 8.88. The fraction of sp³-hybridized carbons (Fsp3) is 0.250. The van der Waals surface area contributed by atoms with Crippen molar-refractivity contribution >= 4 is 0 Å². The highest BCUT2D eigenvalue weighted by atomic mass is 19.1. The number of hydrogen-bond acceptors (Lipinski definition) is 2. The first-order valence-corrected chi connectivity index (χ1v) is 5.26.